The van der Waals surface area contributed by atoms with E-state index in [4.69, 9.17) is 10.2 Å². The Hall–Kier alpha value is -0.900. The normalized spacial score (nSPS) is 15.3. The number of aliphatic hydroxyl groups excluding tert-OH is 3. The van der Waals surface area contributed by atoms with Crippen LogP contribution in [-0.2, 0) is 0 Å². The van der Waals surface area contributed by atoms with Crippen molar-refractivity contribution in [3.63, 3.8) is 0 Å². The van der Waals surface area contributed by atoms with E-state index in [2.05, 4.69) is 0 Å². The predicted octanol–water partition coefficient (Wildman–Crippen LogP) is 0.463. The average molecular weight is 182 g/mol. The zero-order valence-electron chi connectivity index (χ0n) is 7.30. The molecule has 13 heavy (non-hydrogen) atoms. The summed E-state index contributed by atoms with van der Waals surface area (Å²) in [4.78, 5) is 0. The first-order valence-corrected chi connectivity index (χ1v) is 4.26. The number of rotatable bonds is 4. The molecule has 0 saturated heterocycles. The van der Waals surface area contributed by atoms with Crippen LogP contribution in [0.2, 0.25) is 0 Å². The van der Waals surface area contributed by atoms with E-state index in [1.165, 1.54) is 0 Å². The number of benzene rings is 1. The second kappa shape index (κ2) is 4.97. The van der Waals surface area contributed by atoms with E-state index in [-0.39, 0.29) is 13.0 Å². The van der Waals surface area contributed by atoms with E-state index < -0.39 is 12.2 Å². The molecule has 0 aromatic heterocycles. The molecule has 3 heteroatoms. The minimum absolute atomic E-state index is 0.167. The van der Waals surface area contributed by atoms with E-state index in [0.29, 0.717) is 0 Å². The van der Waals surface area contributed by atoms with Gasteiger partial charge in [-0.1, -0.05) is 30.3 Å². The van der Waals surface area contributed by atoms with Gasteiger partial charge in [0.2, 0.25) is 0 Å². The number of hydrogen-bond acceptors (Lipinski definition) is 3. The van der Waals surface area contributed by atoms with Crippen LogP contribution in [0.25, 0.3) is 0 Å². The van der Waals surface area contributed by atoms with Gasteiger partial charge in [0.05, 0.1) is 18.8 Å². The molecule has 0 unspecified atom stereocenters. The summed E-state index contributed by atoms with van der Waals surface area (Å²) in [5.41, 5.74) is 0.759. The fraction of sp³-hybridized carbons (Fsp3) is 0.400. The molecule has 0 radical (unpaired) electrons. The molecule has 0 aliphatic heterocycles. The lowest BCUT2D eigenvalue weighted by Gasteiger charge is -2.13. The van der Waals surface area contributed by atoms with E-state index in [1.54, 1.807) is 12.1 Å². The van der Waals surface area contributed by atoms with Gasteiger partial charge < -0.3 is 15.3 Å². The molecule has 72 valence electrons. The van der Waals surface area contributed by atoms with Gasteiger partial charge in [-0.3, -0.25) is 0 Å². The first-order chi connectivity index (χ1) is 6.24. The summed E-state index contributed by atoms with van der Waals surface area (Å²) in [5, 5.41) is 27.2. The van der Waals surface area contributed by atoms with Crippen molar-refractivity contribution < 1.29 is 15.3 Å². The zero-order valence-corrected chi connectivity index (χ0v) is 7.30. The van der Waals surface area contributed by atoms with Gasteiger partial charge in [0, 0.05) is 6.42 Å². The lowest BCUT2D eigenvalue weighted by Crippen LogP contribution is -2.16. The van der Waals surface area contributed by atoms with Crippen LogP contribution < -0.4 is 0 Å². The highest BCUT2D eigenvalue weighted by atomic mass is 16.3. The van der Waals surface area contributed by atoms with Gasteiger partial charge in [0.25, 0.3) is 0 Å². The highest BCUT2D eigenvalue weighted by molar-refractivity contribution is 5.17. The third-order valence-electron chi connectivity index (χ3n) is 1.89. The predicted molar refractivity (Wildman–Crippen MR) is 49.1 cm³/mol. The van der Waals surface area contributed by atoms with Gasteiger partial charge in [-0.15, -0.1) is 0 Å². The quantitative estimate of drug-likeness (QED) is 0.634. The van der Waals surface area contributed by atoms with Crippen LogP contribution in [0, 0.1) is 0 Å². The fourth-order valence-corrected chi connectivity index (χ4v) is 1.14. The molecule has 2 atom stereocenters. The molecule has 0 amide bonds. The van der Waals surface area contributed by atoms with Crippen molar-refractivity contribution in [2.45, 2.75) is 18.6 Å². The standard InChI is InChI=1S/C10H14O3/c11-7-9(12)6-10(13)8-4-2-1-3-5-8/h1-5,9-13H,6-7H2/t9-,10+/m1/s1. The Labute approximate surface area is 77.3 Å². The maximum absolute atomic E-state index is 9.55. The highest BCUT2D eigenvalue weighted by Crippen LogP contribution is 2.17. The van der Waals surface area contributed by atoms with Crippen LogP contribution in [0.5, 0.6) is 0 Å². The van der Waals surface area contributed by atoms with Crippen LogP contribution in [0.4, 0.5) is 0 Å². The van der Waals surface area contributed by atoms with Crippen LogP contribution >= 0.6 is 0 Å². The Kier molecular flexibility index (Phi) is 3.89. The summed E-state index contributed by atoms with van der Waals surface area (Å²) in [6.07, 6.45) is -1.39. The van der Waals surface area contributed by atoms with Crippen LogP contribution in [0.3, 0.4) is 0 Å². The Morgan fingerprint density at radius 3 is 2.23 bits per heavy atom. The van der Waals surface area contributed by atoms with Crippen molar-refractivity contribution >= 4 is 0 Å². The molecule has 0 heterocycles. The summed E-state index contributed by atoms with van der Waals surface area (Å²) in [6, 6.07) is 9.08. The topological polar surface area (TPSA) is 60.7 Å². The van der Waals surface area contributed by atoms with Crippen molar-refractivity contribution in [2.24, 2.45) is 0 Å². The molecule has 0 aliphatic carbocycles. The Morgan fingerprint density at radius 1 is 1.08 bits per heavy atom. The average Bonchev–Trinajstić information content (AvgIpc) is 2.19. The number of aliphatic hydroxyl groups is 3. The summed E-state index contributed by atoms with van der Waals surface area (Å²) >= 11 is 0. The van der Waals surface area contributed by atoms with Gasteiger partial charge in [-0.05, 0) is 5.56 Å². The second-order valence-electron chi connectivity index (χ2n) is 3.00. The van der Waals surface area contributed by atoms with Crippen molar-refractivity contribution in [3.8, 4) is 0 Å². The maximum Gasteiger partial charge on any atom is 0.0815 e. The molecular formula is C10H14O3. The van der Waals surface area contributed by atoms with Crippen LogP contribution in [-0.4, -0.2) is 28.0 Å². The minimum atomic E-state index is -0.852. The molecule has 3 nitrogen and oxygen atoms in total. The summed E-state index contributed by atoms with van der Waals surface area (Å²) < 4.78 is 0. The zero-order chi connectivity index (χ0) is 9.68. The monoisotopic (exact) mass is 182 g/mol. The SMILES string of the molecule is OC[C@H](O)C[C@H](O)c1ccccc1. The van der Waals surface area contributed by atoms with E-state index in [0.717, 1.165) is 5.56 Å². The van der Waals surface area contributed by atoms with Crippen molar-refractivity contribution in [1.29, 1.82) is 0 Å². The highest BCUT2D eigenvalue weighted by Gasteiger charge is 2.12. The molecule has 0 bridgehead atoms. The first kappa shape index (κ1) is 10.2. The van der Waals surface area contributed by atoms with Gasteiger partial charge in [0.1, 0.15) is 0 Å². The third kappa shape index (κ3) is 3.14. The molecule has 1 aromatic rings. The first-order valence-electron chi connectivity index (χ1n) is 4.26. The largest absolute Gasteiger partial charge is 0.394 e. The number of hydrogen-bond donors (Lipinski definition) is 3. The molecular weight excluding hydrogens is 168 g/mol. The summed E-state index contributed by atoms with van der Waals surface area (Å²) in [6.45, 7) is -0.316. The Balaban J connectivity index is 2.53. The molecule has 1 aromatic carbocycles. The lowest BCUT2D eigenvalue weighted by atomic mass is 10.0. The Bertz CT molecular complexity index is 235. The van der Waals surface area contributed by atoms with Crippen LogP contribution in [0.15, 0.2) is 30.3 Å². The second-order valence-corrected chi connectivity index (χ2v) is 3.00. The molecule has 1 rings (SSSR count). The van der Waals surface area contributed by atoms with Crippen molar-refractivity contribution in [1.82, 2.24) is 0 Å². The van der Waals surface area contributed by atoms with E-state index >= 15 is 0 Å². The maximum atomic E-state index is 9.55. The molecule has 0 spiro atoms. The van der Waals surface area contributed by atoms with Gasteiger partial charge >= 0.3 is 0 Å². The smallest absolute Gasteiger partial charge is 0.0815 e. The van der Waals surface area contributed by atoms with Gasteiger partial charge in [0.15, 0.2) is 0 Å². The van der Waals surface area contributed by atoms with Crippen LogP contribution in [0.1, 0.15) is 18.1 Å². The van der Waals surface area contributed by atoms with E-state index in [9.17, 15) is 5.11 Å². The molecule has 0 aliphatic rings. The Morgan fingerprint density at radius 2 is 1.69 bits per heavy atom. The lowest BCUT2D eigenvalue weighted by molar-refractivity contribution is 0.0413. The minimum Gasteiger partial charge on any atom is -0.394 e. The van der Waals surface area contributed by atoms with Gasteiger partial charge in [-0.2, -0.15) is 0 Å². The summed E-state index contributed by atoms with van der Waals surface area (Å²) in [7, 11) is 0. The van der Waals surface area contributed by atoms with Gasteiger partial charge in [-0.25, -0.2) is 0 Å². The van der Waals surface area contributed by atoms with Crippen molar-refractivity contribution in [2.75, 3.05) is 6.61 Å². The summed E-state index contributed by atoms with van der Waals surface area (Å²) in [5.74, 6) is 0. The van der Waals surface area contributed by atoms with E-state index in [1.807, 2.05) is 18.2 Å². The molecule has 3 N–H and O–H groups in total. The van der Waals surface area contributed by atoms with Crippen molar-refractivity contribution in [3.05, 3.63) is 35.9 Å². The molecule has 0 fully saturated rings. The fourth-order valence-electron chi connectivity index (χ4n) is 1.14. The third-order valence-corrected chi connectivity index (χ3v) is 1.89. The molecule has 0 saturated carbocycles.